The van der Waals surface area contributed by atoms with Gasteiger partial charge in [0.1, 0.15) is 12.4 Å². The molecule has 0 aliphatic rings. The topological polar surface area (TPSA) is 58.5 Å². The minimum atomic E-state index is 0. The van der Waals surface area contributed by atoms with E-state index < -0.39 is 0 Å². The molecule has 0 unspecified atom stereocenters. The summed E-state index contributed by atoms with van der Waals surface area (Å²) in [5.41, 5.74) is 4.56. The van der Waals surface area contributed by atoms with Gasteiger partial charge in [-0.2, -0.15) is 0 Å². The second-order valence-electron chi connectivity index (χ2n) is 6.52. The smallest absolute Gasteiger partial charge is 0.191 e. The highest BCUT2D eigenvalue weighted by molar-refractivity contribution is 14.0. The average molecular weight is 502 g/mol. The van der Waals surface area contributed by atoms with E-state index >= 15 is 0 Å². The summed E-state index contributed by atoms with van der Waals surface area (Å²) in [4.78, 5) is 8.54. The summed E-state index contributed by atoms with van der Waals surface area (Å²) in [6.45, 7) is 3.98. The first-order valence-corrected chi connectivity index (χ1v) is 9.34. The van der Waals surface area contributed by atoms with E-state index in [-0.39, 0.29) is 24.0 Å². The highest BCUT2D eigenvalue weighted by atomic mass is 127. The molecule has 3 aromatic rings. The summed E-state index contributed by atoms with van der Waals surface area (Å²) in [6, 6.07) is 22.3. The van der Waals surface area contributed by atoms with Crippen LogP contribution >= 0.6 is 24.0 Å². The Labute approximate surface area is 189 Å². The number of nitrogens with one attached hydrogen (secondary N) is 2. The van der Waals surface area contributed by atoms with Gasteiger partial charge >= 0.3 is 0 Å². The van der Waals surface area contributed by atoms with Crippen LogP contribution in [0, 0.1) is 6.92 Å². The molecule has 5 nitrogen and oxygen atoms in total. The third-order valence-electron chi connectivity index (χ3n) is 4.30. The van der Waals surface area contributed by atoms with Gasteiger partial charge in [0.25, 0.3) is 0 Å². The lowest BCUT2D eigenvalue weighted by Crippen LogP contribution is -2.36. The lowest BCUT2D eigenvalue weighted by Gasteiger charge is -2.12. The molecular weight excluding hydrogens is 475 g/mol. The summed E-state index contributed by atoms with van der Waals surface area (Å²) in [6.07, 6.45) is 1.77. The van der Waals surface area contributed by atoms with E-state index in [0.717, 1.165) is 29.5 Å². The molecule has 0 fully saturated rings. The molecule has 0 bridgehead atoms. The van der Waals surface area contributed by atoms with Crippen LogP contribution in [0.5, 0.6) is 5.75 Å². The van der Waals surface area contributed by atoms with Crippen LogP contribution < -0.4 is 15.4 Å². The average Bonchev–Trinajstić information content (AvgIpc) is 2.75. The van der Waals surface area contributed by atoms with Gasteiger partial charge in [-0.3, -0.25) is 9.98 Å². The van der Waals surface area contributed by atoms with Crippen molar-refractivity contribution < 1.29 is 4.74 Å². The number of aliphatic imine (C=N–C) groups is 1. The maximum Gasteiger partial charge on any atom is 0.191 e. The van der Waals surface area contributed by atoms with Gasteiger partial charge in [0.15, 0.2) is 5.96 Å². The predicted molar refractivity (Wildman–Crippen MR) is 129 cm³/mol. The molecule has 2 N–H and O–H groups in total. The molecule has 0 aliphatic heterocycles. The van der Waals surface area contributed by atoms with Crippen molar-refractivity contribution in [2.45, 2.75) is 26.6 Å². The Morgan fingerprint density at radius 2 is 1.52 bits per heavy atom. The van der Waals surface area contributed by atoms with Crippen molar-refractivity contribution in [2.24, 2.45) is 4.99 Å². The quantitative estimate of drug-likeness (QED) is 0.285. The van der Waals surface area contributed by atoms with Gasteiger partial charge in [0.05, 0.1) is 5.69 Å². The van der Waals surface area contributed by atoms with Crippen molar-refractivity contribution in [1.29, 1.82) is 0 Å². The van der Waals surface area contributed by atoms with Crippen LogP contribution in [0.1, 0.15) is 22.4 Å². The Balaban J connectivity index is 0.00000300. The van der Waals surface area contributed by atoms with Gasteiger partial charge in [0, 0.05) is 26.3 Å². The van der Waals surface area contributed by atoms with Gasteiger partial charge in [-0.05, 0) is 42.3 Å². The molecular formula is C23H27IN4O. The number of ether oxygens (including phenoxy) is 1. The van der Waals surface area contributed by atoms with Crippen LogP contribution in [-0.2, 0) is 19.7 Å². The summed E-state index contributed by atoms with van der Waals surface area (Å²) in [7, 11) is 1.78. The molecule has 1 aromatic heterocycles. The van der Waals surface area contributed by atoms with Gasteiger partial charge in [-0.1, -0.05) is 48.0 Å². The van der Waals surface area contributed by atoms with E-state index in [2.05, 4.69) is 51.8 Å². The van der Waals surface area contributed by atoms with Crippen molar-refractivity contribution in [3.8, 4) is 5.75 Å². The Morgan fingerprint density at radius 1 is 0.897 bits per heavy atom. The second kappa shape index (κ2) is 12.1. The van der Waals surface area contributed by atoms with Crippen LogP contribution in [0.4, 0.5) is 0 Å². The SMILES string of the molecule is CN=C(NCc1ccc(C)cc1)NCc1ccc(OCc2ccccn2)cc1.I. The largest absolute Gasteiger partial charge is 0.487 e. The van der Waals surface area contributed by atoms with Gasteiger partial charge < -0.3 is 15.4 Å². The summed E-state index contributed by atoms with van der Waals surface area (Å²) in [5, 5.41) is 6.67. The Bertz CT molecular complexity index is 881. The van der Waals surface area contributed by atoms with Crippen LogP contribution in [0.3, 0.4) is 0 Å². The molecule has 3 rings (SSSR count). The van der Waals surface area contributed by atoms with E-state index in [0.29, 0.717) is 13.2 Å². The van der Waals surface area contributed by atoms with E-state index in [9.17, 15) is 0 Å². The molecule has 0 saturated carbocycles. The number of aryl methyl sites for hydroxylation is 1. The summed E-state index contributed by atoms with van der Waals surface area (Å²) >= 11 is 0. The Morgan fingerprint density at radius 3 is 2.07 bits per heavy atom. The number of halogens is 1. The standard InChI is InChI=1S/C23H26N4O.HI/c1-18-6-8-19(9-7-18)15-26-23(24-2)27-16-20-10-12-22(13-11-20)28-17-21-5-3-4-14-25-21;/h3-14H,15-17H2,1-2H3,(H2,24,26,27);1H. The lowest BCUT2D eigenvalue weighted by molar-refractivity contribution is 0.301. The normalized spacial score (nSPS) is 10.8. The van der Waals surface area contributed by atoms with Crippen molar-refractivity contribution in [3.63, 3.8) is 0 Å². The first kappa shape index (κ1) is 22.7. The molecule has 6 heteroatoms. The molecule has 2 aromatic carbocycles. The van der Waals surface area contributed by atoms with Crippen molar-refractivity contribution in [3.05, 3.63) is 95.3 Å². The van der Waals surface area contributed by atoms with E-state index in [1.54, 1.807) is 13.2 Å². The highest BCUT2D eigenvalue weighted by Gasteiger charge is 2.01. The fourth-order valence-electron chi connectivity index (χ4n) is 2.64. The lowest BCUT2D eigenvalue weighted by atomic mass is 10.1. The number of benzene rings is 2. The number of aromatic nitrogens is 1. The first-order valence-electron chi connectivity index (χ1n) is 9.34. The number of guanidine groups is 1. The zero-order valence-corrected chi connectivity index (χ0v) is 19.1. The van der Waals surface area contributed by atoms with Gasteiger partial charge in [-0.25, -0.2) is 0 Å². The van der Waals surface area contributed by atoms with Crippen molar-refractivity contribution >= 4 is 29.9 Å². The van der Waals surface area contributed by atoms with Crippen molar-refractivity contribution in [2.75, 3.05) is 7.05 Å². The van der Waals surface area contributed by atoms with Crippen LogP contribution in [0.25, 0.3) is 0 Å². The van der Waals surface area contributed by atoms with Crippen LogP contribution in [0.15, 0.2) is 77.9 Å². The molecule has 0 spiro atoms. The molecule has 0 amide bonds. The third-order valence-corrected chi connectivity index (χ3v) is 4.30. The highest BCUT2D eigenvalue weighted by Crippen LogP contribution is 2.13. The zero-order chi connectivity index (χ0) is 19.6. The maximum atomic E-state index is 5.77. The number of rotatable bonds is 7. The Hall–Kier alpha value is -2.61. The predicted octanol–water partition coefficient (Wildman–Crippen LogP) is 4.45. The molecule has 0 radical (unpaired) electrons. The zero-order valence-electron chi connectivity index (χ0n) is 16.8. The van der Waals surface area contributed by atoms with E-state index in [4.69, 9.17) is 4.74 Å². The number of hydrogen-bond donors (Lipinski definition) is 2. The Kier molecular flexibility index (Phi) is 9.43. The molecule has 152 valence electrons. The summed E-state index contributed by atoms with van der Waals surface area (Å²) in [5.74, 6) is 1.60. The molecule has 1 heterocycles. The number of pyridine rings is 1. The maximum absolute atomic E-state index is 5.77. The monoisotopic (exact) mass is 502 g/mol. The molecule has 0 aliphatic carbocycles. The minimum Gasteiger partial charge on any atom is -0.487 e. The minimum absolute atomic E-state index is 0. The van der Waals surface area contributed by atoms with Crippen molar-refractivity contribution in [1.82, 2.24) is 15.6 Å². The number of nitrogens with zero attached hydrogens (tertiary/aromatic N) is 2. The van der Waals surface area contributed by atoms with Gasteiger partial charge in [0.2, 0.25) is 0 Å². The molecule has 0 saturated heterocycles. The molecule has 0 atom stereocenters. The first-order chi connectivity index (χ1) is 13.7. The fourth-order valence-corrected chi connectivity index (χ4v) is 2.64. The molecule has 29 heavy (non-hydrogen) atoms. The fraction of sp³-hybridized carbons (Fsp3) is 0.217. The van der Waals surface area contributed by atoms with Crippen LogP contribution in [-0.4, -0.2) is 18.0 Å². The number of hydrogen-bond acceptors (Lipinski definition) is 3. The van der Waals surface area contributed by atoms with E-state index in [1.165, 1.54) is 11.1 Å². The second-order valence-corrected chi connectivity index (χ2v) is 6.52. The third kappa shape index (κ3) is 7.73. The van der Waals surface area contributed by atoms with Crippen LogP contribution in [0.2, 0.25) is 0 Å². The summed E-state index contributed by atoms with van der Waals surface area (Å²) < 4.78 is 5.77. The van der Waals surface area contributed by atoms with Gasteiger partial charge in [-0.15, -0.1) is 24.0 Å². The van der Waals surface area contributed by atoms with E-state index in [1.807, 2.05) is 42.5 Å².